The Kier molecular flexibility index (Phi) is 4.01. The lowest BCUT2D eigenvalue weighted by atomic mass is 9.81. The summed E-state index contributed by atoms with van der Waals surface area (Å²) in [5, 5.41) is 13.0. The van der Waals surface area contributed by atoms with Crippen LogP contribution >= 0.6 is 11.6 Å². The summed E-state index contributed by atoms with van der Waals surface area (Å²) in [4.78, 5) is 13.6. The van der Waals surface area contributed by atoms with Gasteiger partial charge in [0, 0.05) is 49.2 Å². The van der Waals surface area contributed by atoms with Gasteiger partial charge in [0.1, 0.15) is 0 Å². The van der Waals surface area contributed by atoms with Crippen molar-refractivity contribution in [2.24, 2.45) is 11.3 Å². The molecule has 0 aliphatic carbocycles. The molecule has 22 heavy (non-hydrogen) atoms. The Hall–Kier alpha value is -1.37. The van der Waals surface area contributed by atoms with Crippen LogP contribution in [0.25, 0.3) is 0 Å². The molecule has 2 heterocycles. The van der Waals surface area contributed by atoms with Crippen LogP contribution in [-0.2, 0) is 11.3 Å². The van der Waals surface area contributed by atoms with Crippen LogP contribution < -0.4 is 10.1 Å². The van der Waals surface area contributed by atoms with Crippen molar-refractivity contribution < 1.29 is 19.0 Å². The third kappa shape index (κ3) is 2.35. The number of hydrogen-bond acceptors (Lipinski definition) is 4. The number of nitrogens with zero attached hydrogens (tertiary/aromatic N) is 1. The van der Waals surface area contributed by atoms with E-state index in [-0.39, 0.29) is 18.2 Å². The largest absolute Gasteiger partial charge is 0.494 e. The first-order valence-corrected chi connectivity index (χ1v) is 7.53. The van der Waals surface area contributed by atoms with Gasteiger partial charge in [-0.15, -0.1) is 0 Å². The van der Waals surface area contributed by atoms with Crippen molar-refractivity contribution in [1.29, 1.82) is 0 Å². The molecule has 2 aliphatic heterocycles. The minimum Gasteiger partial charge on any atom is -0.494 e. The maximum Gasteiger partial charge on any atom is 0.312 e. The van der Waals surface area contributed by atoms with Crippen molar-refractivity contribution in [3.05, 3.63) is 28.5 Å². The first-order valence-electron chi connectivity index (χ1n) is 7.15. The monoisotopic (exact) mass is 328 g/mol. The molecule has 1 aromatic carbocycles. The van der Waals surface area contributed by atoms with E-state index in [2.05, 4.69) is 5.32 Å². The summed E-state index contributed by atoms with van der Waals surface area (Å²) in [5.41, 5.74) is -0.420. The molecule has 0 aromatic heterocycles. The first-order chi connectivity index (χ1) is 10.5. The van der Waals surface area contributed by atoms with E-state index >= 15 is 0 Å². The molecule has 2 saturated heterocycles. The Morgan fingerprint density at radius 1 is 1.64 bits per heavy atom. The van der Waals surface area contributed by atoms with E-state index in [0.717, 1.165) is 0 Å². The van der Waals surface area contributed by atoms with Crippen molar-refractivity contribution in [3.8, 4) is 5.75 Å². The lowest BCUT2D eigenvalue weighted by Crippen LogP contribution is -2.40. The molecule has 2 aliphatic rings. The van der Waals surface area contributed by atoms with Crippen LogP contribution in [0.1, 0.15) is 5.56 Å². The minimum absolute atomic E-state index is 0.0393. The average Bonchev–Trinajstić information content (AvgIpc) is 3.01. The van der Waals surface area contributed by atoms with E-state index < -0.39 is 17.2 Å². The van der Waals surface area contributed by atoms with Crippen LogP contribution in [0, 0.1) is 17.2 Å². The van der Waals surface area contributed by atoms with Gasteiger partial charge in [-0.25, -0.2) is 4.39 Å². The number of carboxylic acid groups (broad SMARTS) is 1. The number of aliphatic carboxylic acids is 1. The molecule has 2 fully saturated rings. The molecular formula is C15H18ClFN2O3. The highest BCUT2D eigenvalue weighted by Crippen LogP contribution is 2.40. The van der Waals surface area contributed by atoms with Crippen LogP contribution in [-0.4, -0.2) is 49.3 Å². The standard InChI is InChI=1S/C15H18ClFN2O3/c1-22-12-3-2-11(16)10(13(12)17)6-19-5-9-4-18-7-15(9,8-19)14(20)21/h2-3,9,18H,4-8H2,1H3,(H,20,21)/t9-,15-/m0/s1. The molecular weight excluding hydrogens is 311 g/mol. The smallest absolute Gasteiger partial charge is 0.312 e. The fraction of sp³-hybridized carbons (Fsp3) is 0.533. The maximum atomic E-state index is 14.4. The Morgan fingerprint density at radius 3 is 3.05 bits per heavy atom. The van der Waals surface area contributed by atoms with E-state index in [9.17, 15) is 14.3 Å². The van der Waals surface area contributed by atoms with E-state index in [4.69, 9.17) is 16.3 Å². The number of methoxy groups -OCH3 is 1. The predicted octanol–water partition coefficient (Wildman–Crippen LogP) is 1.59. The van der Waals surface area contributed by atoms with Gasteiger partial charge in [-0.2, -0.15) is 0 Å². The molecule has 0 radical (unpaired) electrons. The zero-order valence-electron chi connectivity index (χ0n) is 12.2. The van der Waals surface area contributed by atoms with E-state index in [0.29, 0.717) is 36.8 Å². The number of likely N-dealkylation sites (tertiary alicyclic amines) is 1. The molecule has 2 N–H and O–H groups in total. The van der Waals surface area contributed by atoms with Gasteiger partial charge < -0.3 is 15.2 Å². The van der Waals surface area contributed by atoms with Gasteiger partial charge in [-0.3, -0.25) is 9.69 Å². The summed E-state index contributed by atoms with van der Waals surface area (Å²) >= 11 is 6.10. The highest BCUT2D eigenvalue weighted by atomic mass is 35.5. The zero-order chi connectivity index (χ0) is 15.9. The van der Waals surface area contributed by atoms with Gasteiger partial charge in [0.15, 0.2) is 11.6 Å². The summed E-state index contributed by atoms with van der Waals surface area (Å²) < 4.78 is 19.3. The first kappa shape index (κ1) is 15.5. The molecule has 1 aromatic rings. The maximum absolute atomic E-state index is 14.4. The van der Waals surface area contributed by atoms with E-state index in [1.807, 2.05) is 4.90 Å². The lowest BCUT2D eigenvalue weighted by Gasteiger charge is -2.23. The highest BCUT2D eigenvalue weighted by molar-refractivity contribution is 6.31. The van der Waals surface area contributed by atoms with Crippen LogP contribution in [0.3, 0.4) is 0 Å². The number of carboxylic acids is 1. The number of ether oxygens (including phenoxy) is 1. The summed E-state index contributed by atoms with van der Waals surface area (Å²) in [5.74, 6) is -1.08. The van der Waals surface area contributed by atoms with Crippen LogP contribution in [0.5, 0.6) is 5.75 Å². The van der Waals surface area contributed by atoms with E-state index in [1.54, 1.807) is 6.07 Å². The zero-order valence-corrected chi connectivity index (χ0v) is 13.0. The second-order valence-electron chi connectivity index (χ2n) is 6.00. The molecule has 0 bridgehead atoms. The topological polar surface area (TPSA) is 61.8 Å². The van der Waals surface area contributed by atoms with Gasteiger partial charge in [0.2, 0.25) is 0 Å². The number of benzene rings is 1. The fourth-order valence-corrected chi connectivity index (χ4v) is 3.76. The van der Waals surface area contributed by atoms with Gasteiger partial charge in [-0.1, -0.05) is 11.6 Å². The fourth-order valence-electron chi connectivity index (χ4n) is 3.55. The summed E-state index contributed by atoms with van der Waals surface area (Å²) in [6.07, 6.45) is 0. The number of hydrogen-bond donors (Lipinski definition) is 2. The number of halogens is 2. The summed E-state index contributed by atoms with van der Waals surface area (Å²) in [7, 11) is 1.40. The average molecular weight is 329 g/mol. The molecule has 0 amide bonds. The summed E-state index contributed by atoms with van der Waals surface area (Å²) in [6.45, 7) is 2.43. The second-order valence-corrected chi connectivity index (χ2v) is 6.41. The Bertz CT molecular complexity index is 613. The minimum atomic E-state index is -0.790. The quantitative estimate of drug-likeness (QED) is 0.879. The summed E-state index contributed by atoms with van der Waals surface area (Å²) in [6, 6.07) is 3.09. The number of rotatable bonds is 4. The highest BCUT2D eigenvalue weighted by Gasteiger charge is 2.55. The predicted molar refractivity (Wildman–Crippen MR) is 79.7 cm³/mol. The third-order valence-electron chi connectivity index (χ3n) is 4.78. The van der Waals surface area contributed by atoms with Crippen LogP contribution in [0.15, 0.2) is 12.1 Å². The molecule has 120 valence electrons. The molecule has 0 saturated carbocycles. The molecule has 3 rings (SSSR count). The van der Waals surface area contributed by atoms with Crippen LogP contribution in [0.2, 0.25) is 5.02 Å². The second kappa shape index (κ2) is 5.68. The van der Waals surface area contributed by atoms with Gasteiger partial charge in [-0.05, 0) is 12.1 Å². The number of fused-ring (bicyclic) bond motifs is 1. The number of nitrogens with one attached hydrogen (secondary N) is 1. The Balaban J connectivity index is 1.83. The van der Waals surface area contributed by atoms with Crippen LogP contribution in [0.4, 0.5) is 4.39 Å². The SMILES string of the molecule is COc1ccc(Cl)c(CN2C[C@@H]3CNC[C@]3(C(=O)O)C2)c1F. The van der Waals surface area contributed by atoms with Crippen molar-refractivity contribution in [1.82, 2.24) is 10.2 Å². The van der Waals surface area contributed by atoms with Gasteiger partial charge in [0.05, 0.1) is 12.5 Å². The van der Waals surface area contributed by atoms with Crippen molar-refractivity contribution in [2.75, 3.05) is 33.3 Å². The molecule has 5 nitrogen and oxygen atoms in total. The third-order valence-corrected chi connectivity index (χ3v) is 5.13. The van der Waals surface area contributed by atoms with Gasteiger partial charge in [0.25, 0.3) is 0 Å². The number of carbonyl (C=O) groups is 1. The van der Waals surface area contributed by atoms with Gasteiger partial charge >= 0.3 is 5.97 Å². The molecule has 0 unspecified atom stereocenters. The van der Waals surface area contributed by atoms with Crippen molar-refractivity contribution in [2.45, 2.75) is 6.54 Å². The van der Waals surface area contributed by atoms with Crippen molar-refractivity contribution in [3.63, 3.8) is 0 Å². The normalized spacial score (nSPS) is 27.9. The lowest BCUT2D eigenvalue weighted by molar-refractivity contribution is -0.148. The molecule has 7 heteroatoms. The Morgan fingerprint density at radius 2 is 2.41 bits per heavy atom. The molecule has 2 atom stereocenters. The van der Waals surface area contributed by atoms with E-state index in [1.165, 1.54) is 13.2 Å². The van der Waals surface area contributed by atoms with Crippen molar-refractivity contribution >= 4 is 17.6 Å². The molecule has 0 spiro atoms. The Labute approximate surface area is 133 Å².